The van der Waals surface area contributed by atoms with Crippen LogP contribution in [0.1, 0.15) is 17.7 Å². The van der Waals surface area contributed by atoms with Crippen LogP contribution in [0.4, 0.5) is 0 Å². The quantitative estimate of drug-likeness (QED) is 0.863. The lowest BCUT2D eigenvalue weighted by atomic mass is 10.2. The molecule has 1 aromatic heterocycles. The molecule has 1 atom stereocenters. The molecule has 0 radical (unpaired) electrons. The largest absolute Gasteiger partial charge is 0.352 e. The molecule has 0 saturated carbocycles. The second-order valence-corrected chi connectivity index (χ2v) is 4.87. The Bertz CT molecular complexity index is 310. The van der Waals surface area contributed by atoms with Gasteiger partial charge in [0.1, 0.15) is 0 Å². The molecular formula is C11H17ClN2OS. The number of rotatable bonds is 4. The van der Waals surface area contributed by atoms with Gasteiger partial charge in [-0.2, -0.15) is 0 Å². The van der Waals surface area contributed by atoms with Crippen molar-refractivity contribution in [2.24, 2.45) is 0 Å². The summed E-state index contributed by atoms with van der Waals surface area (Å²) < 4.78 is 0. The first-order valence-electron chi connectivity index (χ1n) is 5.37. The minimum absolute atomic E-state index is 0. The van der Waals surface area contributed by atoms with Crippen LogP contribution in [0, 0.1) is 0 Å². The van der Waals surface area contributed by atoms with Gasteiger partial charge in [0, 0.05) is 23.9 Å². The Morgan fingerprint density at radius 2 is 2.50 bits per heavy atom. The summed E-state index contributed by atoms with van der Waals surface area (Å²) in [5.74, 6) is 0.178. The fourth-order valence-electron chi connectivity index (χ4n) is 1.77. The predicted molar refractivity (Wildman–Crippen MR) is 69.3 cm³/mol. The molecule has 2 N–H and O–H groups in total. The molecule has 1 unspecified atom stereocenters. The number of thiophene rings is 1. The van der Waals surface area contributed by atoms with Crippen LogP contribution in [0.2, 0.25) is 0 Å². The van der Waals surface area contributed by atoms with E-state index in [2.05, 4.69) is 16.7 Å². The van der Waals surface area contributed by atoms with E-state index in [9.17, 15) is 4.79 Å². The highest BCUT2D eigenvalue weighted by Crippen LogP contribution is 2.10. The van der Waals surface area contributed by atoms with Crippen LogP contribution in [0.15, 0.2) is 17.5 Å². The van der Waals surface area contributed by atoms with Gasteiger partial charge in [-0.15, -0.1) is 23.7 Å². The van der Waals surface area contributed by atoms with Gasteiger partial charge < -0.3 is 10.6 Å². The molecule has 0 spiro atoms. The SMILES string of the molecule is Cl.O=C(CCc1cccs1)NC1CCNC1. The van der Waals surface area contributed by atoms with Crippen molar-refractivity contribution in [3.05, 3.63) is 22.4 Å². The van der Waals surface area contributed by atoms with E-state index in [4.69, 9.17) is 0 Å². The average molecular weight is 261 g/mol. The molecule has 0 bridgehead atoms. The van der Waals surface area contributed by atoms with Crippen molar-refractivity contribution < 1.29 is 4.79 Å². The van der Waals surface area contributed by atoms with Gasteiger partial charge in [-0.25, -0.2) is 0 Å². The first-order chi connectivity index (χ1) is 7.34. The number of hydrogen-bond acceptors (Lipinski definition) is 3. The van der Waals surface area contributed by atoms with E-state index in [1.807, 2.05) is 11.4 Å². The zero-order chi connectivity index (χ0) is 10.5. The number of aryl methyl sites for hydroxylation is 1. The molecule has 0 aliphatic carbocycles. The van der Waals surface area contributed by atoms with Gasteiger partial charge >= 0.3 is 0 Å². The second-order valence-electron chi connectivity index (χ2n) is 3.84. The third-order valence-corrected chi connectivity index (χ3v) is 3.54. The Labute approximate surface area is 106 Å². The molecular weight excluding hydrogens is 244 g/mol. The van der Waals surface area contributed by atoms with Crippen molar-refractivity contribution in [3.63, 3.8) is 0 Å². The highest BCUT2D eigenvalue weighted by molar-refractivity contribution is 7.09. The van der Waals surface area contributed by atoms with Gasteiger partial charge in [-0.05, 0) is 30.8 Å². The number of carbonyl (C=O) groups is 1. The molecule has 1 amide bonds. The van der Waals surface area contributed by atoms with E-state index >= 15 is 0 Å². The second kappa shape index (κ2) is 6.89. The number of nitrogens with one attached hydrogen (secondary N) is 2. The zero-order valence-electron chi connectivity index (χ0n) is 9.07. The Balaban J connectivity index is 0.00000128. The smallest absolute Gasteiger partial charge is 0.220 e. The molecule has 2 heterocycles. The third kappa shape index (κ3) is 4.12. The summed E-state index contributed by atoms with van der Waals surface area (Å²) >= 11 is 1.72. The van der Waals surface area contributed by atoms with Gasteiger partial charge in [-0.3, -0.25) is 4.79 Å². The Kier molecular flexibility index (Phi) is 5.80. The lowest BCUT2D eigenvalue weighted by Gasteiger charge is -2.10. The van der Waals surface area contributed by atoms with E-state index in [-0.39, 0.29) is 18.3 Å². The van der Waals surface area contributed by atoms with E-state index in [0.717, 1.165) is 25.9 Å². The van der Waals surface area contributed by atoms with Gasteiger partial charge in [0.05, 0.1) is 0 Å². The number of hydrogen-bond donors (Lipinski definition) is 2. The molecule has 5 heteroatoms. The van der Waals surface area contributed by atoms with Gasteiger partial charge in [0.15, 0.2) is 0 Å². The molecule has 1 saturated heterocycles. The molecule has 1 aromatic rings. The van der Waals surface area contributed by atoms with Crippen molar-refractivity contribution in [3.8, 4) is 0 Å². The monoisotopic (exact) mass is 260 g/mol. The molecule has 1 aliphatic rings. The Morgan fingerprint density at radius 1 is 1.62 bits per heavy atom. The molecule has 2 rings (SSSR count). The highest BCUT2D eigenvalue weighted by Gasteiger charge is 2.16. The summed E-state index contributed by atoms with van der Waals surface area (Å²) in [5, 5.41) is 8.33. The van der Waals surface area contributed by atoms with E-state index < -0.39 is 0 Å². The summed E-state index contributed by atoms with van der Waals surface area (Å²) in [7, 11) is 0. The van der Waals surface area contributed by atoms with Crippen molar-refractivity contribution in [2.75, 3.05) is 13.1 Å². The average Bonchev–Trinajstić information content (AvgIpc) is 2.86. The van der Waals surface area contributed by atoms with Gasteiger partial charge in [0.2, 0.25) is 5.91 Å². The molecule has 90 valence electrons. The number of amides is 1. The minimum atomic E-state index is 0. The topological polar surface area (TPSA) is 41.1 Å². The van der Waals surface area contributed by atoms with Crippen molar-refractivity contribution in [1.29, 1.82) is 0 Å². The normalized spacial score (nSPS) is 19.1. The minimum Gasteiger partial charge on any atom is -0.352 e. The zero-order valence-corrected chi connectivity index (χ0v) is 10.7. The Hall–Kier alpha value is -0.580. The molecule has 16 heavy (non-hydrogen) atoms. The maximum Gasteiger partial charge on any atom is 0.220 e. The van der Waals surface area contributed by atoms with Gasteiger partial charge in [0.25, 0.3) is 0 Å². The summed E-state index contributed by atoms with van der Waals surface area (Å²) in [6.07, 6.45) is 2.53. The van der Waals surface area contributed by atoms with Crippen molar-refractivity contribution >= 4 is 29.7 Å². The van der Waals surface area contributed by atoms with E-state index in [0.29, 0.717) is 12.5 Å². The fraction of sp³-hybridized carbons (Fsp3) is 0.545. The molecule has 3 nitrogen and oxygen atoms in total. The first-order valence-corrected chi connectivity index (χ1v) is 6.25. The van der Waals surface area contributed by atoms with E-state index in [1.54, 1.807) is 11.3 Å². The number of carbonyl (C=O) groups excluding carboxylic acids is 1. The van der Waals surface area contributed by atoms with Crippen LogP contribution >= 0.6 is 23.7 Å². The Morgan fingerprint density at radius 3 is 3.12 bits per heavy atom. The van der Waals surface area contributed by atoms with Crippen LogP contribution in [0.3, 0.4) is 0 Å². The van der Waals surface area contributed by atoms with E-state index in [1.165, 1.54) is 4.88 Å². The first kappa shape index (κ1) is 13.5. The van der Waals surface area contributed by atoms with Crippen LogP contribution < -0.4 is 10.6 Å². The molecule has 1 fully saturated rings. The molecule has 1 aliphatic heterocycles. The third-order valence-electron chi connectivity index (χ3n) is 2.60. The van der Waals surface area contributed by atoms with Crippen molar-refractivity contribution in [2.45, 2.75) is 25.3 Å². The maximum absolute atomic E-state index is 11.6. The summed E-state index contributed by atoms with van der Waals surface area (Å²) in [6, 6.07) is 4.45. The lowest BCUT2D eigenvalue weighted by molar-refractivity contribution is -0.121. The summed E-state index contributed by atoms with van der Waals surface area (Å²) in [4.78, 5) is 12.8. The summed E-state index contributed by atoms with van der Waals surface area (Å²) in [5.41, 5.74) is 0. The van der Waals surface area contributed by atoms with Crippen molar-refractivity contribution in [1.82, 2.24) is 10.6 Å². The maximum atomic E-state index is 11.6. The van der Waals surface area contributed by atoms with Crippen LogP contribution in [0.5, 0.6) is 0 Å². The standard InChI is InChI=1S/C11H16N2OS.ClH/c14-11(13-9-5-6-12-8-9)4-3-10-2-1-7-15-10;/h1-2,7,9,12H,3-6,8H2,(H,13,14);1H. The molecule has 0 aromatic carbocycles. The van der Waals surface area contributed by atoms with Gasteiger partial charge in [-0.1, -0.05) is 6.07 Å². The lowest BCUT2D eigenvalue weighted by Crippen LogP contribution is -2.36. The predicted octanol–water partition coefficient (Wildman–Crippen LogP) is 1.58. The highest BCUT2D eigenvalue weighted by atomic mass is 35.5. The fourth-order valence-corrected chi connectivity index (χ4v) is 2.48. The summed E-state index contributed by atoms with van der Waals surface area (Å²) in [6.45, 7) is 1.95. The van der Waals surface area contributed by atoms with Crippen LogP contribution in [0.25, 0.3) is 0 Å². The number of halogens is 1. The van der Waals surface area contributed by atoms with Crippen LogP contribution in [-0.2, 0) is 11.2 Å². The van der Waals surface area contributed by atoms with Crippen LogP contribution in [-0.4, -0.2) is 25.0 Å².